The van der Waals surface area contributed by atoms with E-state index >= 15 is 0 Å². The van der Waals surface area contributed by atoms with Gasteiger partial charge in [-0.15, -0.1) is 0 Å². The van der Waals surface area contributed by atoms with Gasteiger partial charge in [0.1, 0.15) is 5.75 Å². The van der Waals surface area contributed by atoms with Gasteiger partial charge < -0.3 is 10.1 Å². The van der Waals surface area contributed by atoms with E-state index in [1.165, 1.54) is 0 Å². The molecule has 0 radical (unpaired) electrons. The molecular formula is C13H20N2O. The topological polar surface area (TPSA) is 34.2 Å². The van der Waals surface area contributed by atoms with Crippen molar-refractivity contribution < 1.29 is 4.74 Å². The second-order valence-corrected chi connectivity index (χ2v) is 3.85. The van der Waals surface area contributed by atoms with Gasteiger partial charge >= 0.3 is 0 Å². The first-order valence-electron chi connectivity index (χ1n) is 5.57. The SMILES string of the molecule is C=C(C)C(NCCC)c1ccncc1OC. The van der Waals surface area contributed by atoms with E-state index in [2.05, 4.69) is 23.8 Å². The Morgan fingerprint density at radius 3 is 2.94 bits per heavy atom. The van der Waals surface area contributed by atoms with E-state index < -0.39 is 0 Å². The molecule has 1 unspecified atom stereocenters. The number of methoxy groups -OCH3 is 1. The molecule has 0 saturated carbocycles. The number of ether oxygens (including phenoxy) is 1. The molecule has 1 rings (SSSR count). The van der Waals surface area contributed by atoms with Gasteiger partial charge in [-0.2, -0.15) is 0 Å². The number of aromatic nitrogens is 1. The molecular weight excluding hydrogens is 200 g/mol. The second kappa shape index (κ2) is 6.28. The van der Waals surface area contributed by atoms with Gasteiger partial charge in [-0.05, 0) is 26.0 Å². The van der Waals surface area contributed by atoms with Crippen LogP contribution in [0.5, 0.6) is 5.75 Å². The lowest BCUT2D eigenvalue weighted by Gasteiger charge is -2.21. The van der Waals surface area contributed by atoms with E-state index in [4.69, 9.17) is 4.74 Å². The van der Waals surface area contributed by atoms with Crippen LogP contribution in [0.4, 0.5) is 0 Å². The lowest BCUT2D eigenvalue weighted by molar-refractivity contribution is 0.401. The van der Waals surface area contributed by atoms with Crippen molar-refractivity contribution in [2.75, 3.05) is 13.7 Å². The van der Waals surface area contributed by atoms with Crippen LogP contribution in [0.3, 0.4) is 0 Å². The number of nitrogens with zero attached hydrogens (tertiary/aromatic N) is 1. The molecule has 0 aliphatic carbocycles. The van der Waals surface area contributed by atoms with Gasteiger partial charge in [-0.3, -0.25) is 4.98 Å². The van der Waals surface area contributed by atoms with Crippen LogP contribution in [-0.2, 0) is 0 Å². The first-order valence-corrected chi connectivity index (χ1v) is 5.57. The molecule has 16 heavy (non-hydrogen) atoms. The van der Waals surface area contributed by atoms with Gasteiger partial charge in [0.05, 0.1) is 19.3 Å². The van der Waals surface area contributed by atoms with Crippen LogP contribution in [0.15, 0.2) is 30.6 Å². The van der Waals surface area contributed by atoms with Crippen molar-refractivity contribution in [2.24, 2.45) is 0 Å². The molecule has 3 nitrogen and oxygen atoms in total. The Morgan fingerprint density at radius 1 is 1.62 bits per heavy atom. The molecule has 0 fully saturated rings. The zero-order valence-electron chi connectivity index (χ0n) is 10.3. The Kier molecular flexibility index (Phi) is 4.99. The summed E-state index contributed by atoms with van der Waals surface area (Å²) < 4.78 is 5.31. The molecule has 0 bridgehead atoms. The molecule has 0 spiro atoms. The van der Waals surface area contributed by atoms with Gasteiger partial charge in [-0.1, -0.05) is 19.1 Å². The summed E-state index contributed by atoms with van der Waals surface area (Å²) in [5, 5.41) is 3.45. The molecule has 0 saturated heterocycles. The maximum atomic E-state index is 5.31. The number of nitrogens with one attached hydrogen (secondary N) is 1. The summed E-state index contributed by atoms with van der Waals surface area (Å²) in [6, 6.07) is 2.11. The van der Waals surface area contributed by atoms with Gasteiger partial charge in [0.2, 0.25) is 0 Å². The maximum Gasteiger partial charge on any atom is 0.142 e. The third-order valence-electron chi connectivity index (χ3n) is 2.44. The van der Waals surface area contributed by atoms with E-state index in [1.807, 2.05) is 13.0 Å². The molecule has 1 aromatic heterocycles. The van der Waals surface area contributed by atoms with Crippen molar-refractivity contribution in [3.63, 3.8) is 0 Å². The Labute approximate surface area is 97.5 Å². The minimum Gasteiger partial charge on any atom is -0.495 e. The molecule has 0 aliphatic heterocycles. The van der Waals surface area contributed by atoms with Crippen LogP contribution < -0.4 is 10.1 Å². The predicted octanol–water partition coefficient (Wildman–Crippen LogP) is 2.71. The smallest absolute Gasteiger partial charge is 0.142 e. The predicted molar refractivity (Wildman–Crippen MR) is 66.6 cm³/mol. The molecule has 3 heteroatoms. The van der Waals surface area contributed by atoms with E-state index in [0.717, 1.165) is 29.9 Å². The van der Waals surface area contributed by atoms with Crippen LogP contribution in [0.25, 0.3) is 0 Å². The van der Waals surface area contributed by atoms with E-state index in [0.29, 0.717) is 0 Å². The van der Waals surface area contributed by atoms with Gasteiger partial charge in [-0.25, -0.2) is 0 Å². The van der Waals surface area contributed by atoms with Crippen LogP contribution >= 0.6 is 0 Å². The summed E-state index contributed by atoms with van der Waals surface area (Å²) in [5.41, 5.74) is 2.18. The highest BCUT2D eigenvalue weighted by Gasteiger charge is 2.15. The average Bonchev–Trinajstić information content (AvgIpc) is 2.29. The molecule has 1 N–H and O–H groups in total. The molecule has 88 valence electrons. The van der Waals surface area contributed by atoms with Gasteiger partial charge in [0.15, 0.2) is 0 Å². The normalized spacial score (nSPS) is 12.2. The van der Waals surface area contributed by atoms with Gasteiger partial charge in [0, 0.05) is 11.8 Å². The molecule has 1 aromatic rings. The summed E-state index contributed by atoms with van der Waals surface area (Å²) in [4.78, 5) is 4.06. The van der Waals surface area contributed by atoms with Crippen LogP contribution in [0.1, 0.15) is 31.9 Å². The minimum absolute atomic E-state index is 0.137. The van der Waals surface area contributed by atoms with Gasteiger partial charge in [0.25, 0.3) is 0 Å². The van der Waals surface area contributed by atoms with Crippen LogP contribution in [0.2, 0.25) is 0 Å². The zero-order valence-corrected chi connectivity index (χ0v) is 10.3. The Balaban J connectivity index is 2.95. The zero-order chi connectivity index (χ0) is 12.0. The second-order valence-electron chi connectivity index (χ2n) is 3.85. The summed E-state index contributed by atoms with van der Waals surface area (Å²) in [6.07, 6.45) is 4.61. The highest BCUT2D eigenvalue weighted by atomic mass is 16.5. The standard InChI is InChI=1S/C13H20N2O/c1-5-7-15-13(10(2)3)11-6-8-14-9-12(11)16-4/h6,8-9,13,15H,2,5,7H2,1,3-4H3. The average molecular weight is 220 g/mol. The van der Waals surface area contributed by atoms with Crippen molar-refractivity contribution in [3.05, 3.63) is 36.2 Å². The highest BCUT2D eigenvalue weighted by Crippen LogP contribution is 2.27. The first-order chi connectivity index (χ1) is 7.70. The van der Waals surface area contributed by atoms with Crippen LogP contribution in [-0.4, -0.2) is 18.6 Å². The maximum absolute atomic E-state index is 5.31. The molecule has 0 aliphatic rings. The van der Waals surface area contributed by atoms with Crippen molar-refractivity contribution in [1.82, 2.24) is 10.3 Å². The lowest BCUT2D eigenvalue weighted by Crippen LogP contribution is -2.23. The summed E-state index contributed by atoms with van der Waals surface area (Å²) in [6.45, 7) is 9.15. The van der Waals surface area contributed by atoms with E-state index in [-0.39, 0.29) is 6.04 Å². The largest absolute Gasteiger partial charge is 0.495 e. The molecule has 0 amide bonds. The Hall–Kier alpha value is -1.35. The van der Waals surface area contributed by atoms with Crippen molar-refractivity contribution in [2.45, 2.75) is 26.3 Å². The number of hydrogen-bond donors (Lipinski definition) is 1. The Morgan fingerprint density at radius 2 is 2.38 bits per heavy atom. The van der Waals surface area contributed by atoms with Crippen molar-refractivity contribution in [3.8, 4) is 5.75 Å². The lowest BCUT2D eigenvalue weighted by atomic mass is 10.0. The van der Waals surface area contributed by atoms with E-state index in [9.17, 15) is 0 Å². The first kappa shape index (κ1) is 12.7. The summed E-state index contributed by atoms with van der Waals surface area (Å²) in [5.74, 6) is 0.805. The molecule has 1 atom stereocenters. The third-order valence-corrected chi connectivity index (χ3v) is 2.44. The van der Waals surface area contributed by atoms with Crippen molar-refractivity contribution >= 4 is 0 Å². The van der Waals surface area contributed by atoms with Crippen LogP contribution in [0, 0.1) is 0 Å². The third kappa shape index (κ3) is 3.07. The summed E-state index contributed by atoms with van der Waals surface area (Å²) >= 11 is 0. The monoisotopic (exact) mass is 220 g/mol. The fourth-order valence-corrected chi connectivity index (χ4v) is 1.64. The quantitative estimate of drug-likeness (QED) is 0.748. The number of pyridine rings is 1. The van der Waals surface area contributed by atoms with Crippen molar-refractivity contribution in [1.29, 1.82) is 0 Å². The fourth-order valence-electron chi connectivity index (χ4n) is 1.64. The van der Waals surface area contributed by atoms with E-state index in [1.54, 1.807) is 19.5 Å². The number of rotatable bonds is 6. The molecule has 1 heterocycles. The highest BCUT2D eigenvalue weighted by molar-refractivity contribution is 5.36. The number of hydrogen-bond acceptors (Lipinski definition) is 3. The fraction of sp³-hybridized carbons (Fsp3) is 0.462. The summed E-state index contributed by atoms with van der Waals surface area (Å²) in [7, 11) is 1.66. The Bertz CT molecular complexity index is 350. The minimum atomic E-state index is 0.137. The molecule has 0 aromatic carbocycles.